The fraction of sp³-hybridized carbons (Fsp3) is 0.571. The van der Waals surface area contributed by atoms with Crippen LogP contribution < -0.4 is 4.72 Å². The third kappa shape index (κ3) is 4.84. The van der Waals surface area contributed by atoms with Crippen molar-refractivity contribution in [3.63, 3.8) is 0 Å². The third-order valence-corrected chi connectivity index (χ3v) is 5.11. The van der Waals surface area contributed by atoms with Crippen LogP contribution in [0.5, 0.6) is 0 Å². The summed E-state index contributed by atoms with van der Waals surface area (Å²) in [4.78, 5) is 1.28. The maximum atomic E-state index is 12.0. The summed E-state index contributed by atoms with van der Waals surface area (Å²) >= 11 is 0.802. The maximum Gasteiger partial charge on any atom is 0.136 e. The number of rotatable bonds is 5. The van der Waals surface area contributed by atoms with Gasteiger partial charge in [-0.1, -0.05) is 19.1 Å². The van der Waals surface area contributed by atoms with Gasteiger partial charge in [0.05, 0.1) is 6.04 Å². The van der Waals surface area contributed by atoms with Crippen LogP contribution in [0.25, 0.3) is 0 Å². The van der Waals surface area contributed by atoms with Crippen molar-refractivity contribution >= 4 is 23.1 Å². The second-order valence-corrected chi connectivity index (χ2v) is 8.56. The van der Waals surface area contributed by atoms with Crippen LogP contribution in [0, 0.1) is 0 Å². The van der Waals surface area contributed by atoms with E-state index in [-0.39, 0.29) is 10.8 Å². The van der Waals surface area contributed by atoms with Gasteiger partial charge in [-0.2, -0.15) is 0 Å². The zero-order valence-corrected chi connectivity index (χ0v) is 13.5. The van der Waals surface area contributed by atoms with Crippen molar-refractivity contribution in [3.8, 4) is 0 Å². The first-order valence-electron chi connectivity index (χ1n) is 6.25. The standard InChI is InChI=1S/C14H23NOS2/c1-6-17-13-9-7-12(8-10-13)11(2)15-18(16)14(3,4)5/h7-11,15H,6H2,1-5H3/t11-,18+/m0/s1. The van der Waals surface area contributed by atoms with Crippen LogP contribution in [0.4, 0.5) is 0 Å². The molecule has 0 unspecified atom stereocenters. The van der Waals surface area contributed by atoms with Crippen molar-refractivity contribution in [2.45, 2.75) is 50.3 Å². The summed E-state index contributed by atoms with van der Waals surface area (Å²) in [6.07, 6.45) is 0. The molecule has 0 fully saturated rings. The lowest BCUT2D eigenvalue weighted by molar-refractivity contribution is 0.531. The van der Waals surface area contributed by atoms with E-state index < -0.39 is 11.4 Å². The Bertz CT molecular complexity index is 359. The van der Waals surface area contributed by atoms with E-state index in [9.17, 15) is 4.55 Å². The molecule has 0 amide bonds. The average Bonchev–Trinajstić information content (AvgIpc) is 2.29. The Morgan fingerprint density at radius 2 is 1.83 bits per heavy atom. The van der Waals surface area contributed by atoms with Gasteiger partial charge in [-0.05, 0) is 51.1 Å². The molecule has 0 aliphatic heterocycles. The Hall–Kier alpha value is -0.160. The van der Waals surface area contributed by atoms with Crippen LogP contribution in [0.1, 0.15) is 46.2 Å². The molecule has 2 atom stereocenters. The molecule has 18 heavy (non-hydrogen) atoms. The molecule has 0 heterocycles. The molecule has 1 N–H and O–H groups in total. The molecule has 0 aromatic heterocycles. The quantitative estimate of drug-likeness (QED) is 0.658. The number of hydrogen-bond donors (Lipinski definition) is 1. The highest BCUT2D eigenvalue weighted by Gasteiger charge is 2.28. The van der Waals surface area contributed by atoms with Crippen molar-refractivity contribution in [1.29, 1.82) is 0 Å². The Balaban J connectivity index is 2.64. The molecular formula is C14H23NOS2. The monoisotopic (exact) mass is 285 g/mol. The summed E-state index contributed by atoms with van der Waals surface area (Å²) < 4.78 is 14.9. The van der Waals surface area contributed by atoms with Crippen LogP contribution in [0.3, 0.4) is 0 Å². The molecular weight excluding hydrogens is 262 g/mol. The summed E-state index contributed by atoms with van der Waals surface area (Å²) in [5.74, 6) is 1.08. The Morgan fingerprint density at radius 1 is 1.28 bits per heavy atom. The predicted molar refractivity (Wildman–Crippen MR) is 82.3 cm³/mol. The van der Waals surface area contributed by atoms with Crippen LogP contribution in [-0.4, -0.2) is 15.1 Å². The minimum Gasteiger partial charge on any atom is -0.598 e. The van der Waals surface area contributed by atoms with E-state index in [0.29, 0.717) is 0 Å². The topological polar surface area (TPSA) is 35.1 Å². The molecule has 0 bridgehead atoms. The second kappa shape index (κ2) is 6.85. The van der Waals surface area contributed by atoms with Crippen LogP contribution >= 0.6 is 11.8 Å². The number of thioether (sulfide) groups is 1. The summed E-state index contributed by atoms with van der Waals surface area (Å²) in [7, 11) is 0. The summed E-state index contributed by atoms with van der Waals surface area (Å²) in [5.41, 5.74) is 1.17. The number of hydrogen-bond acceptors (Lipinski definition) is 3. The molecule has 0 saturated heterocycles. The van der Waals surface area contributed by atoms with Gasteiger partial charge in [0.15, 0.2) is 0 Å². The maximum absolute atomic E-state index is 12.0. The van der Waals surface area contributed by atoms with E-state index >= 15 is 0 Å². The van der Waals surface area contributed by atoms with E-state index in [1.165, 1.54) is 10.5 Å². The summed E-state index contributed by atoms with van der Waals surface area (Å²) in [5, 5.41) is 0. The van der Waals surface area contributed by atoms with Crippen LogP contribution in [0.15, 0.2) is 29.2 Å². The Labute approximate surface area is 118 Å². The predicted octanol–water partition coefficient (Wildman–Crippen LogP) is 3.91. The Morgan fingerprint density at radius 3 is 2.28 bits per heavy atom. The highest BCUT2D eigenvalue weighted by Crippen LogP contribution is 2.23. The van der Waals surface area contributed by atoms with E-state index in [4.69, 9.17) is 0 Å². The fourth-order valence-electron chi connectivity index (χ4n) is 1.42. The Kier molecular flexibility index (Phi) is 6.05. The van der Waals surface area contributed by atoms with Crippen molar-refractivity contribution in [1.82, 2.24) is 4.72 Å². The first-order valence-corrected chi connectivity index (χ1v) is 8.39. The minimum atomic E-state index is -1.03. The van der Waals surface area contributed by atoms with Gasteiger partial charge in [-0.3, -0.25) is 0 Å². The summed E-state index contributed by atoms with van der Waals surface area (Å²) in [6.45, 7) is 10.1. The normalized spacial score (nSPS) is 15.4. The fourth-order valence-corrected chi connectivity index (χ4v) is 2.90. The largest absolute Gasteiger partial charge is 0.598 e. The molecule has 102 valence electrons. The van der Waals surface area contributed by atoms with Gasteiger partial charge in [-0.25, -0.2) is 0 Å². The molecule has 2 nitrogen and oxygen atoms in total. The first kappa shape index (κ1) is 15.9. The lowest BCUT2D eigenvalue weighted by atomic mass is 10.1. The van der Waals surface area contributed by atoms with Gasteiger partial charge in [0.2, 0.25) is 0 Å². The lowest BCUT2D eigenvalue weighted by Crippen LogP contribution is -2.40. The molecule has 0 aliphatic rings. The molecule has 1 aromatic rings. The van der Waals surface area contributed by atoms with Crippen molar-refractivity contribution in [2.75, 3.05) is 5.75 Å². The van der Waals surface area contributed by atoms with Crippen LogP contribution in [0.2, 0.25) is 0 Å². The van der Waals surface area contributed by atoms with Gasteiger partial charge >= 0.3 is 0 Å². The van der Waals surface area contributed by atoms with Crippen molar-refractivity contribution in [3.05, 3.63) is 29.8 Å². The zero-order chi connectivity index (χ0) is 13.8. The molecule has 1 aromatic carbocycles. The van der Waals surface area contributed by atoms with Gasteiger partial charge in [0.25, 0.3) is 0 Å². The number of nitrogens with one attached hydrogen (secondary N) is 1. The molecule has 0 spiro atoms. The van der Waals surface area contributed by atoms with Crippen molar-refractivity contribution < 1.29 is 4.55 Å². The summed E-state index contributed by atoms with van der Waals surface area (Å²) in [6, 6.07) is 8.57. The molecule has 0 saturated carbocycles. The molecule has 0 aliphatic carbocycles. The van der Waals surface area contributed by atoms with Gasteiger partial charge in [0.1, 0.15) is 4.75 Å². The SMILES string of the molecule is CCSc1ccc([C@H](C)N[S@+]([O-])C(C)(C)C)cc1. The van der Waals surface area contributed by atoms with Gasteiger partial charge < -0.3 is 4.55 Å². The first-order chi connectivity index (χ1) is 8.34. The van der Waals surface area contributed by atoms with Crippen molar-refractivity contribution in [2.24, 2.45) is 0 Å². The van der Waals surface area contributed by atoms with Gasteiger partial charge in [0, 0.05) is 16.3 Å². The average molecular weight is 285 g/mol. The lowest BCUT2D eigenvalue weighted by Gasteiger charge is -2.26. The van der Waals surface area contributed by atoms with E-state index in [0.717, 1.165) is 5.75 Å². The minimum absolute atomic E-state index is 0.103. The highest BCUT2D eigenvalue weighted by atomic mass is 32.2. The van der Waals surface area contributed by atoms with Gasteiger partial charge in [-0.15, -0.1) is 16.5 Å². The van der Waals surface area contributed by atoms with E-state index in [1.807, 2.05) is 39.5 Å². The van der Waals surface area contributed by atoms with E-state index in [1.54, 1.807) is 0 Å². The molecule has 1 rings (SSSR count). The van der Waals surface area contributed by atoms with Crippen LogP contribution in [-0.2, 0) is 11.4 Å². The third-order valence-electron chi connectivity index (χ3n) is 2.53. The highest BCUT2D eigenvalue weighted by molar-refractivity contribution is 7.99. The molecule has 0 radical (unpaired) electrons. The second-order valence-electron chi connectivity index (χ2n) is 5.22. The molecule has 4 heteroatoms. The zero-order valence-electron chi connectivity index (χ0n) is 11.8. The smallest absolute Gasteiger partial charge is 0.136 e. The number of benzene rings is 1. The van der Waals surface area contributed by atoms with E-state index in [2.05, 4.69) is 35.9 Å².